The number of halogens is 1. The monoisotopic (exact) mass is 268 g/mol. The van der Waals surface area contributed by atoms with E-state index in [0.717, 1.165) is 11.4 Å². The fraction of sp³-hybridized carbons (Fsp3) is 0.133. The van der Waals surface area contributed by atoms with Crippen LogP contribution in [0.15, 0.2) is 42.7 Å². The summed E-state index contributed by atoms with van der Waals surface area (Å²) in [6, 6.07) is 8.50. The summed E-state index contributed by atoms with van der Waals surface area (Å²) < 4.78 is 15.3. The van der Waals surface area contributed by atoms with E-state index >= 15 is 0 Å². The molecule has 0 bridgehead atoms. The van der Waals surface area contributed by atoms with Gasteiger partial charge in [0.2, 0.25) is 0 Å². The first-order chi connectivity index (χ1) is 9.63. The van der Waals surface area contributed by atoms with Crippen LogP contribution in [-0.4, -0.2) is 19.7 Å². The van der Waals surface area contributed by atoms with E-state index in [1.807, 2.05) is 19.9 Å². The lowest BCUT2D eigenvalue weighted by Crippen LogP contribution is -2.03. The molecular formula is C15H13FN4. The van der Waals surface area contributed by atoms with Crippen molar-refractivity contribution in [3.63, 3.8) is 0 Å². The van der Waals surface area contributed by atoms with Gasteiger partial charge in [0, 0.05) is 28.7 Å². The van der Waals surface area contributed by atoms with E-state index in [1.54, 1.807) is 35.3 Å². The van der Waals surface area contributed by atoms with Gasteiger partial charge in [-0.15, -0.1) is 0 Å². The molecule has 0 fully saturated rings. The molecule has 0 aliphatic heterocycles. The normalized spacial score (nSPS) is 10.8. The topological polar surface area (TPSA) is 43.6 Å². The lowest BCUT2D eigenvalue weighted by molar-refractivity contribution is 0.631. The van der Waals surface area contributed by atoms with Crippen molar-refractivity contribution in [2.75, 3.05) is 0 Å². The van der Waals surface area contributed by atoms with Gasteiger partial charge in [0.25, 0.3) is 5.95 Å². The Balaban J connectivity index is 2.04. The second-order valence-corrected chi connectivity index (χ2v) is 4.60. The Bertz CT molecular complexity index is 744. The minimum Gasteiger partial charge on any atom is -0.216 e. The lowest BCUT2D eigenvalue weighted by atomic mass is 10.1. The zero-order valence-electron chi connectivity index (χ0n) is 11.2. The summed E-state index contributed by atoms with van der Waals surface area (Å²) in [6.45, 7) is 3.80. The Hall–Kier alpha value is -2.56. The van der Waals surface area contributed by atoms with Crippen LogP contribution in [0, 0.1) is 19.7 Å². The number of nitrogens with zero attached hydrogens (tertiary/aromatic N) is 4. The molecule has 4 nitrogen and oxygen atoms in total. The molecule has 1 aromatic carbocycles. The van der Waals surface area contributed by atoms with Crippen molar-refractivity contribution in [1.82, 2.24) is 19.7 Å². The zero-order chi connectivity index (χ0) is 14.1. The van der Waals surface area contributed by atoms with E-state index in [1.165, 1.54) is 6.07 Å². The summed E-state index contributed by atoms with van der Waals surface area (Å²) in [7, 11) is 0. The SMILES string of the molecule is Cc1cc(C)nc(-n2cc(-c3ccccc3F)cn2)n1. The van der Waals surface area contributed by atoms with Crippen molar-refractivity contribution < 1.29 is 4.39 Å². The molecule has 3 rings (SSSR count). The second-order valence-electron chi connectivity index (χ2n) is 4.60. The molecule has 0 saturated heterocycles. The van der Waals surface area contributed by atoms with Crippen molar-refractivity contribution in [2.24, 2.45) is 0 Å². The third kappa shape index (κ3) is 2.30. The maximum absolute atomic E-state index is 13.7. The van der Waals surface area contributed by atoms with Gasteiger partial charge >= 0.3 is 0 Å². The van der Waals surface area contributed by atoms with Crippen LogP contribution in [0.4, 0.5) is 4.39 Å². The van der Waals surface area contributed by atoms with Crippen LogP contribution in [0.5, 0.6) is 0 Å². The first-order valence-corrected chi connectivity index (χ1v) is 6.26. The molecule has 0 spiro atoms. The number of hydrogen-bond donors (Lipinski definition) is 0. The van der Waals surface area contributed by atoms with E-state index in [9.17, 15) is 4.39 Å². The molecule has 5 heteroatoms. The van der Waals surface area contributed by atoms with Crippen LogP contribution in [0.3, 0.4) is 0 Å². The second kappa shape index (κ2) is 4.85. The van der Waals surface area contributed by atoms with Gasteiger partial charge in [0.15, 0.2) is 0 Å². The predicted molar refractivity (Wildman–Crippen MR) is 74.0 cm³/mol. The van der Waals surface area contributed by atoms with Crippen LogP contribution in [0.25, 0.3) is 17.1 Å². The molecule has 2 heterocycles. The van der Waals surface area contributed by atoms with Crippen molar-refractivity contribution in [3.8, 4) is 17.1 Å². The van der Waals surface area contributed by atoms with Crippen LogP contribution in [0.2, 0.25) is 0 Å². The molecule has 0 aliphatic carbocycles. The fourth-order valence-corrected chi connectivity index (χ4v) is 2.08. The number of aromatic nitrogens is 4. The molecule has 0 radical (unpaired) electrons. The average molecular weight is 268 g/mol. The maximum atomic E-state index is 13.7. The maximum Gasteiger partial charge on any atom is 0.250 e. The summed E-state index contributed by atoms with van der Waals surface area (Å²) in [4.78, 5) is 8.66. The summed E-state index contributed by atoms with van der Waals surface area (Å²) >= 11 is 0. The fourth-order valence-electron chi connectivity index (χ4n) is 2.08. The van der Waals surface area contributed by atoms with Crippen molar-refractivity contribution in [2.45, 2.75) is 13.8 Å². The van der Waals surface area contributed by atoms with E-state index < -0.39 is 0 Å². The van der Waals surface area contributed by atoms with E-state index in [-0.39, 0.29) is 5.82 Å². The van der Waals surface area contributed by atoms with Gasteiger partial charge in [-0.1, -0.05) is 18.2 Å². The Morgan fingerprint density at radius 1 is 1.05 bits per heavy atom. The van der Waals surface area contributed by atoms with Crippen molar-refractivity contribution in [3.05, 3.63) is 59.9 Å². The van der Waals surface area contributed by atoms with Crippen LogP contribution in [-0.2, 0) is 0 Å². The smallest absolute Gasteiger partial charge is 0.216 e. The molecule has 0 saturated carbocycles. The molecule has 3 aromatic rings. The molecule has 0 N–H and O–H groups in total. The Morgan fingerprint density at radius 3 is 2.45 bits per heavy atom. The van der Waals surface area contributed by atoms with E-state index in [2.05, 4.69) is 15.1 Å². The van der Waals surface area contributed by atoms with Gasteiger partial charge in [0.05, 0.1) is 6.20 Å². The van der Waals surface area contributed by atoms with Gasteiger partial charge in [-0.3, -0.25) is 0 Å². The van der Waals surface area contributed by atoms with Gasteiger partial charge in [-0.25, -0.2) is 19.0 Å². The van der Waals surface area contributed by atoms with Gasteiger partial charge in [-0.2, -0.15) is 5.10 Å². The summed E-state index contributed by atoms with van der Waals surface area (Å²) in [6.07, 6.45) is 3.34. The number of hydrogen-bond acceptors (Lipinski definition) is 3. The van der Waals surface area contributed by atoms with Gasteiger partial charge < -0.3 is 0 Å². The zero-order valence-corrected chi connectivity index (χ0v) is 11.2. The van der Waals surface area contributed by atoms with Crippen LogP contribution >= 0.6 is 0 Å². The molecule has 0 amide bonds. The predicted octanol–water partition coefficient (Wildman–Crippen LogP) is 3.09. The van der Waals surface area contributed by atoms with Crippen LogP contribution < -0.4 is 0 Å². The number of benzene rings is 1. The Kier molecular flexibility index (Phi) is 3.02. The standard InChI is InChI=1S/C15H13FN4/c1-10-7-11(2)19-15(18-10)20-9-12(8-17-20)13-5-3-4-6-14(13)16/h3-9H,1-2H3. The highest BCUT2D eigenvalue weighted by molar-refractivity contribution is 5.62. The molecule has 0 atom stereocenters. The van der Waals surface area contributed by atoms with E-state index in [0.29, 0.717) is 17.1 Å². The quantitative estimate of drug-likeness (QED) is 0.717. The largest absolute Gasteiger partial charge is 0.250 e. The Labute approximate surface area is 115 Å². The van der Waals surface area contributed by atoms with Crippen molar-refractivity contribution in [1.29, 1.82) is 0 Å². The molecule has 100 valence electrons. The highest BCUT2D eigenvalue weighted by Crippen LogP contribution is 2.22. The first-order valence-electron chi connectivity index (χ1n) is 6.26. The minimum absolute atomic E-state index is 0.270. The highest BCUT2D eigenvalue weighted by atomic mass is 19.1. The average Bonchev–Trinajstić information content (AvgIpc) is 2.87. The molecule has 0 unspecified atom stereocenters. The van der Waals surface area contributed by atoms with Crippen molar-refractivity contribution >= 4 is 0 Å². The Morgan fingerprint density at radius 2 is 1.75 bits per heavy atom. The molecular weight excluding hydrogens is 255 g/mol. The highest BCUT2D eigenvalue weighted by Gasteiger charge is 2.09. The van der Waals surface area contributed by atoms with Gasteiger partial charge in [-0.05, 0) is 26.0 Å². The number of aryl methyl sites for hydroxylation is 2. The summed E-state index contributed by atoms with van der Waals surface area (Å²) in [5, 5.41) is 4.21. The third-order valence-electron chi connectivity index (χ3n) is 2.94. The first kappa shape index (κ1) is 12.5. The van der Waals surface area contributed by atoms with Gasteiger partial charge in [0.1, 0.15) is 5.82 Å². The lowest BCUT2D eigenvalue weighted by Gasteiger charge is -2.02. The third-order valence-corrected chi connectivity index (χ3v) is 2.94. The van der Waals surface area contributed by atoms with Crippen LogP contribution in [0.1, 0.15) is 11.4 Å². The molecule has 0 aliphatic rings. The van der Waals surface area contributed by atoms with E-state index in [4.69, 9.17) is 0 Å². The number of rotatable bonds is 2. The summed E-state index contributed by atoms with van der Waals surface area (Å²) in [5.41, 5.74) is 2.96. The minimum atomic E-state index is -0.270. The molecule has 20 heavy (non-hydrogen) atoms. The summed E-state index contributed by atoms with van der Waals surface area (Å²) in [5.74, 6) is 0.221. The molecule has 2 aromatic heterocycles.